The minimum Gasteiger partial charge on any atom is -0.496 e. The molecule has 9 nitrogen and oxygen atoms in total. The minimum atomic E-state index is -0.582. The molecule has 220 valence electrons. The first-order valence-electron chi connectivity index (χ1n) is 14.7. The topological polar surface area (TPSA) is 94.9 Å². The Balaban J connectivity index is 1.60. The minimum absolute atomic E-state index is 0.118. The summed E-state index contributed by atoms with van der Waals surface area (Å²) in [6, 6.07) is 7.33. The summed E-state index contributed by atoms with van der Waals surface area (Å²) in [7, 11) is 3.26. The second kappa shape index (κ2) is 13.5. The Bertz CT molecular complexity index is 1120. The molecule has 1 aliphatic carbocycles. The van der Waals surface area contributed by atoms with E-state index in [1.165, 1.54) is 19.3 Å². The fourth-order valence-corrected chi connectivity index (χ4v) is 5.81. The Kier molecular flexibility index (Phi) is 10.1. The number of carbonyl (C=O) groups is 2. The number of hydrogen-bond acceptors (Lipinski definition) is 7. The molecule has 1 atom stereocenters. The average molecular weight is 555 g/mol. The maximum Gasteiger partial charge on any atom is 0.308 e. The molecule has 1 aromatic carbocycles. The first-order chi connectivity index (χ1) is 19.2. The number of hydrogen-bond donors (Lipinski definition) is 1. The van der Waals surface area contributed by atoms with Crippen molar-refractivity contribution < 1.29 is 23.8 Å². The van der Waals surface area contributed by atoms with Gasteiger partial charge in [0.1, 0.15) is 17.1 Å². The molecule has 2 fully saturated rings. The molecule has 1 saturated carbocycles. The van der Waals surface area contributed by atoms with Crippen molar-refractivity contribution in [3.63, 3.8) is 0 Å². The Morgan fingerprint density at radius 1 is 1.02 bits per heavy atom. The van der Waals surface area contributed by atoms with E-state index in [0.717, 1.165) is 56.6 Å². The largest absolute Gasteiger partial charge is 0.496 e. The van der Waals surface area contributed by atoms with Gasteiger partial charge in [-0.3, -0.25) is 14.3 Å². The van der Waals surface area contributed by atoms with Crippen LogP contribution in [0.5, 0.6) is 11.5 Å². The summed E-state index contributed by atoms with van der Waals surface area (Å²) in [5, 5.41) is 7.95. The van der Waals surface area contributed by atoms with Crippen LogP contribution < -0.4 is 14.8 Å². The van der Waals surface area contributed by atoms with Gasteiger partial charge >= 0.3 is 5.97 Å². The van der Waals surface area contributed by atoms with Crippen LogP contribution in [-0.4, -0.2) is 72.1 Å². The number of carbonyl (C=O) groups excluding carboxylic acids is 2. The molecule has 0 unspecified atom stereocenters. The van der Waals surface area contributed by atoms with Crippen molar-refractivity contribution in [2.45, 2.75) is 96.2 Å². The highest BCUT2D eigenvalue weighted by Crippen LogP contribution is 2.41. The molecular weight excluding hydrogens is 508 g/mol. The summed E-state index contributed by atoms with van der Waals surface area (Å²) < 4.78 is 18.9. The number of aromatic nitrogens is 2. The normalized spacial score (nSPS) is 17.4. The fraction of sp³-hybridized carbons (Fsp3) is 0.645. The summed E-state index contributed by atoms with van der Waals surface area (Å²) in [4.78, 5) is 28.9. The second-order valence-corrected chi connectivity index (χ2v) is 12.0. The van der Waals surface area contributed by atoms with Crippen molar-refractivity contribution in [1.29, 1.82) is 0 Å². The van der Waals surface area contributed by atoms with E-state index in [2.05, 4.69) is 10.2 Å². The van der Waals surface area contributed by atoms with E-state index in [9.17, 15) is 9.59 Å². The van der Waals surface area contributed by atoms with Crippen molar-refractivity contribution in [3.8, 4) is 22.8 Å². The number of likely N-dealkylation sites (tertiary alicyclic amines) is 1. The Morgan fingerprint density at radius 3 is 2.27 bits per heavy atom. The maximum absolute atomic E-state index is 13.7. The van der Waals surface area contributed by atoms with Gasteiger partial charge < -0.3 is 24.4 Å². The van der Waals surface area contributed by atoms with E-state index in [4.69, 9.17) is 19.3 Å². The van der Waals surface area contributed by atoms with Crippen molar-refractivity contribution in [2.75, 3.05) is 33.9 Å². The molecule has 1 aliphatic heterocycles. The number of nitrogens with zero attached hydrogens (tertiary/aromatic N) is 3. The third-order valence-electron chi connectivity index (χ3n) is 7.73. The van der Waals surface area contributed by atoms with E-state index >= 15 is 0 Å². The molecule has 1 amide bonds. The molecule has 1 saturated heterocycles. The van der Waals surface area contributed by atoms with Gasteiger partial charge in [0, 0.05) is 12.6 Å². The Hall–Kier alpha value is -3.07. The zero-order chi connectivity index (χ0) is 28.7. The van der Waals surface area contributed by atoms with Crippen LogP contribution in [0.15, 0.2) is 24.3 Å². The highest BCUT2D eigenvalue weighted by molar-refractivity contribution is 5.94. The molecule has 0 radical (unpaired) electrons. The number of nitrogens with one attached hydrogen (secondary N) is 1. The lowest BCUT2D eigenvalue weighted by molar-refractivity contribution is -0.155. The van der Waals surface area contributed by atoms with E-state index in [1.54, 1.807) is 14.2 Å². The fourth-order valence-electron chi connectivity index (χ4n) is 5.81. The van der Waals surface area contributed by atoms with Gasteiger partial charge in [0.15, 0.2) is 5.69 Å². The van der Waals surface area contributed by atoms with Gasteiger partial charge in [0.25, 0.3) is 5.91 Å². The standard InChI is InChI=1S/C31H46N4O5/c1-31(2,3)40-28(36)20-22(16-19-34-17-9-6-10-18-34)32-30(37)24-21-25(35(33-24)23-12-7-8-13-23)29-26(38-4)14-11-15-27(29)39-5/h11,14-15,21-23H,6-10,12-13,16-20H2,1-5H3,(H,32,37)/t22-/m0/s1. The summed E-state index contributed by atoms with van der Waals surface area (Å²) in [5.41, 5.74) is 1.31. The van der Waals surface area contributed by atoms with Crippen LogP contribution in [0.3, 0.4) is 0 Å². The number of methoxy groups -OCH3 is 2. The van der Waals surface area contributed by atoms with Crippen molar-refractivity contribution in [1.82, 2.24) is 20.0 Å². The van der Waals surface area contributed by atoms with Crippen molar-refractivity contribution >= 4 is 11.9 Å². The third kappa shape index (κ3) is 7.77. The lowest BCUT2D eigenvalue weighted by Crippen LogP contribution is -2.41. The van der Waals surface area contributed by atoms with Gasteiger partial charge in [-0.25, -0.2) is 0 Å². The Morgan fingerprint density at radius 2 is 1.68 bits per heavy atom. The van der Waals surface area contributed by atoms with Gasteiger partial charge in [0.05, 0.1) is 37.9 Å². The molecule has 2 aromatic rings. The number of benzene rings is 1. The third-order valence-corrected chi connectivity index (χ3v) is 7.73. The van der Waals surface area contributed by atoms with Crippen LogP contribution in [0.25, 0.3) is 11.3 Å². The van der Waals surface area contributed by atoms with E-state index < -0.39 is 5.60 Å². The number of ether oxygens (including phenoxy) is 3. The summed E-state index contributed by atoms with van der Waals surface area (Å²) in [5.74, 6) is 0.719. The predicted molar refractivity (Wildman–Crippen MR) is 155 cm³/mol. The molecule has 40 heavy (non-hydrogen) atoms. The first kappa shape index (κ1) is 29.9. The molecule has 9 heteroatoms. The number of amides is 1. The van der Waals surface area contributed by atoms with Gasteiger partial charge in [-0.1, -0.05) is 25.3 Å². The van der Waals surface area contributed by atoms with E-state index in [-0.39, 0.29) is 30.4 Å². The molecule has 1 N–H and O–H groups in total. The lowest BCUT2D eigenvalue weighted by atomic mass is 10.1. The van der Waals surface area contributed by atoms with Gasteiger partial charge in [-0.2, -0.15) is 5.10 Å². The smallest absolute Gasteiger partial charge is 0.308 e. The van der Waals surface area contributed by atoms with Crippen LogP contribution >= 0.6 is 0 Å². The average Bonchev–Trinajstić information content (AvgIpc) is 3.61. The van der Waals surface area contributed by atoms with Gasteiger partial charge in [-0.05, 0) is 84.2 Å². The van der Waals surface area contributed by atoms with E-state index in [1.807, 2.05) is 49.7 Å². The van der Waals surface area contributed by atoms with E-state index in [0.29, 0.717) is 23.6 Å². The van der Waals surface area contributed by atoms with Crippen molar-refractivity contribution in [2.24, 2.45) is 0 Å². The van der Waals surface area contributed by atoms with Crippen LogP contribution in [0.2, 0.25) is 0 Å². The van der Waals surface area contributed by atoms with Crippen LogP contribution in [0.1, 0.15) is 95.1 Å². The number of rotatable bonds is 11. The molecule has 0 spiro atoms. The highest BCUT2D eigenvalue weighted by atomic mass is 16.6. The summed E-state index contributed by atoms with van der Waals surface area (Å²) >= 11 is 0. The highest BCUT2D eigenvalue weighted by Gasteiger charge is 2.29. The molecule has 0 bridgehead atoms. The van der Waals surface area contributed by atoms with Crippen LogP contribution in [0, 0.1) is 0 Å². The first-order valence-corrected chi connectivity index (χ1v) is 14.7. The monoisotopic (exact) mass is 554 g/mol. The van der Waals surface area contributed by atoms with Crippen LogP contribution in [0.4, 0.5) is 0 Å². The van der Waals surface area contributed by atoms with Gasteiger partial charge in [0.2, 0.25) is 0 Å². The quantitative estimate of drug-likeness (QED) is 0.372. The summed E-state index contributed by atoms with van der Waals surface area (Å²) in [6.07, 6.45) is 8.70. The SMILES string of the molecule is COc1cccc(OC)c1-c1cc(C(=O)N[C@@H](CCN2CCCCC2)CC(=O)OC(C)(C)C)nn1C1CCCC1. The Labute approximate surface area is 238 Å². The molecule has 2 heterocycles. The lowest BCUT2D eigenvalue weighted by Gasteiger charge is -2.28. The van der Waals surface area contributed by atoms with Crippen molar-refractivity contribution in [3.05, 3.63) is 30.0 Å². The molecular formula is C31H46N4O5. The zero-order valence-corrected chi connectivity index (χ0v) is 24.8. The summed E-state index contributed by atoms with van der Waals surface area (Å²) in [6.45, 7) is 8.51. The van der Waals surface area contributed by atoms with Gasteiger partial charge in [-0.15, -0.1) is 0 Å². The zero-order valence-electron chi connectivity index (χ0n) is 24.8. The molecule has 2 aliphatic rings. The number of piperidine rings is 1. The van der Waals surface area contributed by atoms with Crippen LogP contribution in [-0.2, 0) is 9.53 Å². The number of esters is 1. The second-order valence-electron chi connectivity index (χ2n) is 12.0. The maximum atomic E-state index is 13.7. The predicted octanol–water partition coefficient (Wildman–Crippen LogP) is 5.39. The molecule has 1 aromatic heterocycles. The molecule has 4 rings (SSSR count).